The number of nitrogens with two attached hydrogens (primary N) is 1. The number of esters is 1. The molecule has 0 aliphatic rings. The molecule has 5 heteroatoms. The molecule has 0 fully saturated rings. The molecule has 0 radical (unpaired) electrons. The Balaban J connectivity index is -0.000000209. The van der Waals surface area contributed by atoms with E-state index in [9.17, 15) is 4.79 Å². The van der Waals surface area contributed by atoms with E-state index in [0.717, 1.165) is 0 Å². The first-order valence-corrected chi connectivity index (χ1v) is 4.00. The van der Waals surface area contributed by atoms with Crippen molar-refractivity contribution in [3.8, 4) is 0 Å². The van der Waals surface area contributed by atoms with Gasteiger partial charge in [0, 0.05) is 5.57 Å². The molecule has 4 nitrogen and oxygen atoms in total. The van der Waals surface area contributed by atoms with Gasteiger partial charge in [0.1, 0.15) is 6.23 Å². The summed E-state index contributed by atoms with van der Waals surface area (Å²) in [7, 11) is 6.00. The second kappa shape index (κ2) is 10.5. The number of carbonyl (C=O) groups is 1. The number of carbonyl (C=O) groups excluding carboxylic acids is 1. The van der Waals surface area contributed by atoms with Gasteiger partial charge in [-0.15, -0.1) is 12.4 Å². The minimum Gasteiger partial charge on any atom is -0.444 e. The topological polar surface area (TPSA) is 55.6 Å². The zero-order chi connectivity index (χ0) is 11.0. The molecule has 0 aromatic heterocycles. The highest BCUT2D eigenvalue weighted by Gasteiger charge is 2.03. The molecule has 1 atom stereocenters. The lowest BCUT2D eigenvalue weighted by atomic mass is 10.4. The Hall–Kier alpha value is -0.580. The minimum absolute atomic E-state index is 0. The van der Waals surface area contributed by atoms with Gasteiger partial charge < -0.3 is 9.64 Å². The fourth-order valence-electron chi connectivity index (χ4n) is 0.269. The van der Waals surface area contributed by atoms with E-state index in [4.69, 9.17) is 5.73 Å². The molecule has 0 amide bonds. The van der Waals surface area contributed by atoms with E-state index >= 15 is 0 Å². The molecule has 0 rings (SSSR count). The van der Waals surface area contributed by atoms with E-state index in [1.54, 1.807) is 13.8 Å². The second-order valence-electron chi connectivity index (χ2n) is 3.23. The van der Waals surface area contributed by atoms with Gasteiger partial charge in [-0.3, -0.25) is 5.73 Å². The molecule has 0 saturated carbocycles. The summed E-state index contributed by atoms with van der Waals surface area (Å²) < 4.78 is 4.55. The zero-order valence-corrected chi connectivity index (χ0v) is 10.4. The predicted octanol–water partition coefficient (Wildman–Crippen LogP) is 1.01. The highest BCUT2D eigenvalue weighted by atomic mass is 35.5. The number of nitrogens with zero attached hydrogens (tertiary/aromatic N) is 1. The summed E-state index contributed by atoms with van der Waals surface area (Å²) in [6.07, 6.45) is -0.547. The second-order valence-corrected chi connectivity index (χ2v) is 3.23. The van der Waals surface area contributed by atoms with Crippen molar-refractivity contribution in [2.24, 2.45) is 5.73 Å². The summed E-state index contributed by atoms with van der Waals surface area (Å²) in [5, 5.41) is 0. The molecule has 2 N–H and O–H groups in total. The van der Waals surface area contributed by atoms with Crippen LogP contribution in [0.2, 0.25) is 0 Å². The highest BCUT2D eigenvalue weighted by Crippen LogP contribution is 1.92. The first kappa shape index (κ1) is 19.1. The Bertz CT molecular complexity index is 167. The van der Waals surface area contributed by atoms with Crippen molar-refractivity contribution in [2.45, 2.75) is 20.1 Å². The minimum atomic E-state index is -0.547. The molecule has 0 spiro atoms. The molecule has 0 aliphatic carbocycles. The molecule has 0 bridgehead atoms. The van der Waals surface area contributed by atoms with Crippen LogP contribution in [0.1, 0.15) is 13.8 Å². The average Bonchev–Trinajstić information content (AvgIpc) is 1.83. The summed E-state index contributed by atoms with van der Waals surface area (Å²) >= 11 is 0. The number of ether oxygens (including phenoxy) is 1. The maximum atomic E-state index is 10.6. The molecule has 0 aliphatic heterocycles. The molecule has 0 aromatic rings. The highest BCUT2D eigenvalue weighted by molar-refractivity contribution is 5.87. The van der Waals surface area contributed by atoms with Crippen LogP contribution in [0, 0.1) is 0 Å². The zero-order valence-electron chi connectivity index (χ0n) is 9.53. The summed E-state index contributed by atoms with van der Waals surface area (Å²) in [6.45, 7) is 6.54. The summed E-state index contributed by atoms with van der Waals surface area (Å²) in [5.41, 5.74) is 5.51. The molecule has 14 heavy (non-hydrogen) atoms. The third-order valence-electron chi connectivity index (χ3n) is 0.641. The normalized spacial score (nSPS) is 10.5. The van der Waals surface area contributed by atoms with Crippen molar-refractivity contribution >= 4 is 18.4 Å². The van der Waals surface area contributed by atoms with Crippen molar-refractivity contribution in [1.29, 1.82) is 0 Å². The van der Waals surface area contributed by atoms with Gasteiger partial charge in [-0.05, 0) is 35.0 Å². The van der Waals surface area contributed by atoms with Crippen molar-refractivity contribution in [3.05, 3.63) is 12.2 Å². The third kappa shape index (κ3) is 22.5. The SMILES string of the molecule is C=C(C)C(=O)OC(C)N.CN(C)C.Cl. The van der Waals surface area contributed by atoms with E-state index in [1.165, 1.54) is 0 Å². The Kier molecular flexibility index (Phi) is 14.3. The first-order chi connectivity index (χ1) is 5.77. The molecular weight excluding hydrogens is 204 g/mol. The largest absolute Gasteiger partial charge is 0.444 e. The van der Waals surface area contributed by atoms with E-state index < -0.39 is 12.2 Å². The van der Waals surface area contributed by atoms with Crippen LogP contribution in [-0.2, 0) is 9.53 Å². The standard InChI is InChI=1S/C6H11NO2.C3H9N.ClH/c1-4(2)6(8)9-5(3)7;1-4(2)3;/h5H,1,7H2,2-3H3;1-3H3;1H. The third-order valence-corrected chi connectivity index (χ3v) is 0.641. The van der Waals surface area contributed by atoms with E-state index in [1.807, 2.05) is 26.0 Å². The van der Waals surface area contributed by atoms with Gasteiger partial charge in [-0.1, -0.05) is 6.58 Å². The van der Waals surface area contributed by atoms with Crippen LogP contribution in [0.3, 0.4) is 0 Å². The molecule has 0 aromatic carbocycles. The smallest absolute Gasteiger partial charge is 0.334 e. The van der Waals surface area contributed by atoms with Gasteiger partial charge in [-0.2, -0.15) is 0 Å². The van der Waals surface area contributed by atoms with Gasteiger partial charge in [0.2, 0.25) is 0 Å². The molecule has 1 unspecified atom stereocenters. The van der Waals surface area contributed by atoms with Gasteiger partial charge >= 0.3 is 5.97 Å². The molecule has 0 saturated heterocycles. The number of halogens is 1. The number of rotatable bonds is 2. The van der Waals surface area contributed by atoms with Gasteiger partial charge in [0.15, 0.2) is 0 Å². The first-order valence-electron chi connectivity index (χ1n) is 4.00. The maximum Gasteiger partial charge on any atom is 0.334 e. The Morgan fingerprint density at radius 1 is 1.43 bits per heavy atom. The van der Waals surface area contributed by atoms with Gasteiger partial charge in [-0.25, -0.2) is 4.79 Å². The van der Waals surface area contributed by atoms with Crippen LogP contribution in [-0.4, -0.2) is 38.2 Å². The van der Waals surface area contributed by atoms with Crippen molar-refractivity contribution in [3.63, 3.8) is 0 Å². The Morgan fingerprint density at radius 3 is 1.79 bits per heavy atom. The summed E-state index contributed by atoms with van der Waals surface area (Å²) in [5.74, 6) is -0.440. The van der Waals surface area contributed by atoms with E-state index in [-0.39, 0.29) is 12.4 Å². The fourth-order valence-corrected chi connectivity index (χ4v) is 0.269. The van der Waals surface area contributed by atoms with Gasteiger partial charge in [0.25, 0.3) is 0 Å². The lowest BCUT2D eigenvalue weighted by Gasteiger charge is -2.05. The van der Waals surface area contributed by atoms with Crippen molar-refractivity contribution in [2.75, 3.05) is 21.1 Å². The Labute approximate surface area is 92.5 Å². The summed E-state index contributed by atoms with van der Waals surface area (Å²) in [6, 6.07) is 0. The lowest BCUT2D eigenvalue weighted by molar-refractivity contribution is -0.143. The maximum absolute atomic E-state index is 10.6. The van der Waals surface area contributed by atoms with Crippen LogP contribution in [0.4, 0.5) is 0 Å². The molecule has 0 heterocycles. The fraction of sp³-hybridized carbons (Fsp3) is 0.667. The van der Waals surface area contributed by atoms with Crippen LogP contribution >= 0.6 is 12.4 Å². The van der Waals surface area contributed by atoms with Crippen molar-refractivity contribution in [1.82, 2.24) is 4.90 Å². The van der Waals surface area contributed by atoms with Crippen LogP contribution < -0.4 is 5.73 Å². The van der Waals surface area contributed by atoms with Crippen LogP contribution in [0.5, 0.6) is 0 Å². The molecular formula is C9H21ClN2O2. The van der Waals surface area contributed by atoms with Crippen LogP contribution in [0.25, 0.3) is 0 Å². The van der Waals surface area contributed by atoms with E-state index in [0.29, 0.717) is 5.57 Å². The number of hydrogen-bond donors (Lipinski definition) is 1. The predicted molar refractivity (Wildman–Crippen MR) is 61.4 cm³/mol. The quantitative estimate of drug-likeness (QED) is 0.432. The summed E-state index contributed by atoms with van der Waals surface area (Å²) in [4.78, 5) is 12.6. The van der Waals surface area contributed by atoms with E-state index in [2.05, 4.69) is 11.3 Å². The molecule has 86 valence electrons. The van der Waals surface area contributed by atoms with Crippen LogP contribution in [0.15, 0.2) is 12.2 Å². The lowest BCUT2D eigenvalue weighted by Crippen LogP contribution is -2.23. The number of hydrogen-bond acceptors (Lipinski definition) is 4. The van der Waals surface area contributed by atoms with Crippen molar-refractivity contribution < 1.29 is 9.53 Å². The monoisotopic (exact) mass is 224 g/mol. The Morgan fingerprint density at radius 2 is 1.71 bits per heavy atom. The average molecular weight is 225 g/mol. The van der Waals surface area contributed by atoms with Gasteiger partial charge in [0.05, 0.1) is 0 Å².